The number of aliphatic hydroxyl groups is 1. The summed E-state index contributed by atoms with van der Waals surface area (Å²) < 4.78 is 11.7. The van der Waals surface area contributed by atoms with E-state index in [2.05, 4.69) is 23.3 Å². The van der Waals surface area contributed by atoms with Crippen LogP contribution < -0.4 is 4.74 Å². The van der Waals surface area contributed by atoms with E-state index in [1.54, 1.807) is 30.1 Å². The average Bonchev–Trinajstić information content (AvgIpc) is 3.46. The van der Waals surface area contributed by atoms with Gasteiger partial charge in [-0.1, -0.05) is 12.1 Å². The normalized spacial score (nSPS) is 32.7. The van der Waals surface area contributed by atoms with Crippen LogP contribution >= 0.6 is 0 Å². The molecule has 34 heavy (non-hydrogen) atoms. The molecule has 2 aliphatic heterocycles. The molecule has 0 unspecified atom stereocenters. The number of phenolic OH excluding ortho intramolecular Hbond substituents is 1. The van der Waals surface area contributed by atoms with Crippen LogP contribution in [0.2, 0.25) is 0 Å². The minimum Gasteiger partial charge on any atom is -0.504 e. The fourth-order valence-electron chi connectivity index (χ4n) is 7.09. The molecule has 3 heterocycles. The fraction of sp³-hybridized carbons (Fsp3) is 0.444. The van der Waals surface area contributed by atoms with Gasteiger partial charge in [0, 0.05) is 31.1 Å². The molecule has 1 saturated heterocycles. The highest BCUT2D eigenvalue weighted by atomic mass is 16.5. The first-order valence-corrected chi connectivity index (χ1v) is 11.8. The summed E-state index contributed by atoms with van der Waals surface area (Å²) in [5.41, 5.74) is 0.321. The number of hydrogen-bond acceptors (Lipinski definition) is 6. The molecule has 4 aliphatic rings. The predicted molar refractivity (Wildman–Crippen MR) is 124 cm³/mol. The minimum atomic E-state index is -1.02. The summed E-state index contributed by atoms with van der Waals surface area (Å²) in [7, 11) is 1.74. The Bertz CT molecular complexity index is 1230. The number of rotatable bonds is 3. The Morgan fingerprint density at radius 1 is 1.38 bits per heavy atom. The summed E-state index contributed by atoms with van der Waals surface area (Å²) in [5, 5.41) is 23.1. The van der Waals surface area contributed by atoms with Gasteiger partial charge in [-0.25, -0.2) is 0 Å². The first-order valence-electron chi connectivity index (χ1n) is 11.8. The van der Waals surface area contributed by atoms with Crippen molar-refractivity contribution in [3.8, 4) is 23.3 Å². The van der Waals surface area contributed by atoms with Gasteiger partial charge in [0.05, 0.1) is 23.3 Å². The third-order valence-electron chi connectivity index (χ3n) is 8.54. The van der Waals surface area contributed by atoms with Gasteiger partial charge in [-0.2, -0.15) is 0 Å². The molecule has 1 aromatic heterocycles. The van der Waals surface area contributed by atoms with Crippen molar-refractivity contribution in [2.75, 3.05) is 20.1 Å². The van der Waals surface area contributed by atoms with Crippen LogP contribution in [0.5, 0.6) is 11.5 Å². The van der Waals surface area contributed by atoms with Crippen LogP contribution in [0, 0.1) is 11.8 Å². The maximum Gasteiger partial charge on any atom is 0.299 e. The Hall–Kier alpha value is -3.21. The summed E-state index contributed by atoms with van der Waals surface area (Å²) in [6.07, 6.45) is 5.42. The molecule has 7 nitrogen and oxygen atoms in total. The predicted octanol–water partition coefficient (Wildman–Crippen LogP) is 2.20. The lowest BCUT2D eigenvalue weighted by atomic mass is 9.48. The largest absolute Gasteiger partial charge is 0.504 e. The van der Waals surface area contributed by atoms with Gasteiger partial charge in [0.15, 0.2) is 17.3 Å². The van der Waals surface area contributed by atoms with E-state index in [1.165, 1.54) is 6.26 Å². The first-order chi connectivity index (χ1) is 16.4. The Balaban J connectivity index is 1.42. The number of likely N-dealkylation sites (tertiary alicyclic amines) is 1. The molecule has 2 aliphatic carbocycles. The smallest absolute Gasteiger partial charge is 0.299 e. The number of hydrogen-bond donors (Lipinski definition) is 2. The molecule has 5 atom stereocenters. The maximum absolute atomic E-state index is 13.0. The molecule has 2 fully saturated rings. The fourth-order valence-corrected chi connectivity index (χ4v) is 7.09. The summed E-state index contributed by atoms with van der Waals surface area (Å²) in [6, 6.07) is 6.71. The molecular formula is C27H28N2O5. The number of piperidine rings is 1. The van der Waals surface area contributed by atoms with Crippen molar-refractivity contribution in [3.05, 3.63) is 60.1 Å². The van der Waals surface area contributed by atoms with Crippen molar-refractivity contribution in [2.45, 2.75) is 54.9 Å². The molecular weight excluding hydrogens is 432 g/mol. The summed E-state index contributed by atoms with van der Waals surface area (Å²) in [5.74, 6) is 6.10. The third kappa shape index (κ3) is 2.64. The van der Waals surface area contributed by atoms with Gasteiger partial charge in [0.2, 0.25) is 0 Å². The second-order valence-corrected chi connectivity index (χ2v) is 9.88. The van der Waals surface area contributed by atoms with E-state index in [-0.39, 0.29) is 23.7 Å². The van der Waals surface area contributed by atoms with Gasteiger partial charge in [-0.05, 0) is 61.9 Å². The molecule has 2 N–H and O–H groups in total. The van der Waals surface area contributed by atoms with Gasteiger partial charge in [0.25, 0.3) is 5.91 Å². The molecule has 2 aromatic rings. The number of furan rings is 1. The second-order valence-electron chi connectivity index (χ2n) is 9.88. The Morgan fingerprint density at radius 3 is 3.00 bits per heavy atom. The van der Waals surface area contributed by atoms with Crippen LogP contribution in [0.3, 0.4) is 0 Å². The zero-order chi connectivity index (χ0) is 23.7. The van der Waals surface area contributed by atoms with E-state index in [0.29, 0.717) is 43.7 Å². The van der Waals surface area contributed by atoms with Crippen LogP contribution in [0.1, 0.15) is 36.1 Å². The van der Waals surface area contributed by atoms with E-state index in [1.807, 2.05) is 12.1 Å². The van der Waals surface area contributed by atoms with Crippen LogP contribution in [-0.4, -0.2) is 69.8 Å². The number of ether oxygens (including phenoxy) is 1. The second kappa shape index (κ2) is 7.39. The lowest BCUT2D eigenvalue weighted by Gasteiger charge is -2.64. The van der Waals surface area contributed by atoms with E-state index >= 15 is 0 Å². The topological polar surface area (TPSA) is 86.4 Å². The summed E-state index contributed by atoms with van der Waals surface area (Å²) in [4.78, 5) is 17.0. The molecule has 2 bridgehead atoms. The number of carbonyl (C=O) groups is 1. The van der Waals surface area contributed by atoms with Crippen molar-refractivity contribution in [2.24, 2.45) is 0 Å². The van der Waals surface area contributed by atoms with E-state index in [9.17, 15) is 15.0 Å². The van der Waals surface area contributed by atoms with Crippen LogP contribution in [0.4, 0.5) is 0 Å². The lowest BCUT2D eigenvalue weighted by Crippen LogP contribution is -2.78. The highest BCUT2D eigenvalue weighted by Crippen LogP contribution is 2.65. The van der Waals surface area contributed by atoms with Gasteiger partial charge in [0.1, 0.15) is 6.10 Å². The number of benzene rings is 1. The van der Waals surface area contributed by atoms with E-state index in [0.717, 1.165) is 17.7 Å². The van der Waals surface area contributed by atoms with Crippen LogP contribution in [0.25, 0.3) is 0 Å². The number of carbonyl (C=O) groups excluding carboxylic acids is 1. The minimum absolute atomic E-state index is 0.0750. The van der Waals surface area contributed by atoms with Crippen molar-refractivity contribution < 1.29 is 24.2 Å². The van der Waals surface area contributed by atoms with Crippen molar-refractivity contribution in [1.29, 1.82) is 0 Å². The lowest BCUT2D eigenvalue weighted by molar-refractivity contribution is -0.197. The Morgan fingerprint density at radius 2 is 2.24 bits per heavy atom. The monoisotopic (exact) mass is 460 g/mol. The van der Waals surface area contributed by atoms with Gasteiger partial charge in [-0.15, -0.1) is 6.58 Å². The van der Waals surface area contributed by atoms with Gasteiger partial charge >= 0.3 is 0 Å². The molecule has 7 heteroatoms. The van der Waals surface area contributed by atoms with Gasteiger partial charge in [-0.3, -0.25) is 9.69 Å². The number of amides is 1. The number of aromatic hydroxyl groups is 1. The zero-order valence-electron chi connectivity index (χ0n) is 19.2. The molecule has 1 amide bonds. The Labute approximate surface area is 198 Å². The highest BCUT2D eigenvalue weighted by Gasteiger charge is 2.73. The van der Waals surface area contributed by atoms with Crippen molar-refractivity contribution in [3.63, 3.8) is 0 Å². The summed E-state index contributed by atoms with van der Waals surface area (Å²) >= 11 is 0. The number of nitrogens with zero attached hydrogens (tertiary/aromatic N) is 2. The van der Waals surface area contributed by atoms with Gasteiger partial charge < -0.3 is 24.3 Å². The number of likely N-dealkylation sites (N-methyl/N-ethyl adjacent to an activating group) is 1. The van der Waals surface area contributed by atoms with Crippen molar-refractivity contribution >= 4 is 5.91 Å². The summed E-state index contributed by atoms with van der Waals surface area (Å²) in [6.45, 7) is 5.41. The quantitative estimate of drug-likeness (QED) is 0.540. The SMILES string of the molecule is C=CCN1CC[C@]23c4c5ccc(O)c4O[C@H]2[C@H](N(C)C(=O)C#Cc2ccco2)CC[C@@]3(O)[C@H]1C5. The van der Waals surface area contributed by atoms with Crippen LogP contribution in [-0.2, 0) is 16.6 Å². The van der Waals surface area contributed by atoms with Crippen molar-refractivity contribution in [1.82, 2.24) is 9.80 Å². The molecule has 1 aromatic carbocycles. The maximum atomic E-state index is 13.0. The molecule has 6 rings (SSSR count). The number of phenols is 1. The van der Waals surface area contributed by atoms with E-state index < -0.39 is 17.1 Å². The standard InChI is InChI=1S/C27H28N2O5/c1-3-13-29-14-12-26-23-17-6-8-20(30)24(23)34-25(26)19(10-11-27(26,32)21(29)16-17)28(2)22(31)9-7-18-5-4-15-33-18/h3-6,8,15,19,21,25,30,32H,1,10-14,16H2,2H3/t19-,21-,25+,26+,27-/m1/s1. The molecule has 0 radical (unpaired) electrons. The van der Waals surface area contributed by atoms with Crippen LogP contribution in [0.15, 0.2) is 47.6 Å². The van der Waals surface area contributed by atoms with E-state index in [4.69, 9.17) is 9.15 Å². The average molecular weight is 461 g/mol. The first kappa shape index (κ1) is 21.3. The Kier molecular flexibility index (Phi) is 4.64. The molecule has 1 saturated carbocycles. The molecule has 1 spiro atoms. The molecule has 176 valence electrons. The zero-order valence-corrected chi connectivity index (χ0v) is 19.2. The highest BCUT2D eigenvalue weighted by molar-refractivity contribution is 5.94. The third-order valence-corrected chi connectivity index (χ3v) is 8.54.